The van der Waals surface area contributed by atoms with Crippen LogP contribution in [0.2, 0.25) is 0 Å². The lowest BCUT2D eigenvalue weighted by Crippen LogP contribution is -2.34. The van der Waals surface area contributed by atoms with Crippen LogP contribution in [0.1, 0.15) is 68.9 Å². The Morgan fingerprint density at radius 2 is 1.62 bits per heavy atom. The van der Waals surface area contributed by atoms with Gasteiger partial charge in [0.25, 0.3) is 0 Å². The van der Waals surface area contributed by atoms with E-state index in [9.17, 15) is 5.11 Å². The van der Waals surface area contributed by atoms with Crippen molar-refractivity contribution in [1.82, 2.24) is 0 Å². The molecular formula is C19H24O2. The number of furan rings is 1. The number of fused-ring (bicyclic) bond motifs is 1. The second kappa shape index (κ2) is 4.74. The third kappa shape index (κ3) is 2.42. The fourth-order valence-electron chi connectivity index (χ4n) is 3.40. The van der Waals surface area contributed by atoms with Crippen molar-refractivity contribution in [2.45, 2.75) is 57.5 Å². The standard InChI is InChI=1S/C19H24O2/c1-18(2)8-9-19(3,4)16-11-13(5-6-15(16)18)17(20)14-7-10-21-12-14/h5-7,10-12,17,20H,8-9H2,1-4H3/t17-/m1/s1. The molecule has 2 nitrogen and oxygen atoms in total. The van der Waals surface area contributed by atoms with Crippen LogP contribution in [0, 0.1) is 0 Å². The van der Waals surface area contributed by atoms with E-state index in [1.54, 1.807) is 12.5 Å². The monoisotopic (exact) mass is 284 g/mol. The van der Waals surface area contributed by atoms with Crippen LogP contribution in [-0.2, 0) is 10.8 Å². The number of aliphatic hydroxyl groups excluding tert-OH is 1. The Bertz CT molecular complexity index is 636. The van der Waals surface area contributed by atoms with E-state index >= 15 is 0 Å². The molecule has 0 spiro atoms. The van der Waals surface area contributed by atoms with Gasteiger partial charge in [-0.3, -0.25) is 0 Å². The van der Waals surface area contributed by atoms with Crippen LogP contribution in [-0.4, -0.2) is 5.11 Å². The molecule has 0 saturated carbocycles. The molecule has 0 radical (unpaired) electrons. The quantitative estimate of drug-likeness (QED) is 0.866. The molecule has 1 aromatic heterocycles. The van der Waals surface area contributed by atoms with E-state index in [0.717, 1.165) is 11.1 Å². The Kier molecular flexibility index (Phi) is 3.25. The lowest BCUT2D eigenvalue weighted by Gasteiger charge is -2.42. The number of aliphatic hydroxyl groups is 1. The Labute approximate surface area is 126 Å². The summed E-state index contributed by atoms with van der Waals surface area (Å²) < 4.78 is 5.08. The second-order valence-electron chi connectivity index (χ2n) is 7.53. The van der Waals surface area contributed by atoms with Gasteiger partial charge >= 0.3 is 0 Å². The van der Waals surface area contributed by atoms with Crippen LogP contribution in [0.3, 0.4) is 0 Å². The highest BCUT2D eigenvalue weighted by Crippen LogP contribution is 2.46. The van der Waals surface area contributed by atoms with Gasteiger partial charge in [-0.25, -0.2) is 0 Å². The van der Waals surface area contributed by atoms with Gasteiger partial charge in [0.1, 0.15) is 6.10 Å². The molecule has 0 fully saturated rings. The minimum atomic E-state index is -0.616. The average molecular weight is 284 g/mol. The number of hydrogen-bond acceptors (Lipinski definition) is 2. The van der Waals surface area contributed by atoms with Crippen LogP contribution in [0.25, 0.3) is 0 Å². The van der Waals surface area contributed by atoms with Crippen LogP contribution in [0.5, 0.6) is 0 Å². The molecule has 1 heterocycles. The van der Waals surface area contributed by atoms with Crippen molar-refractivity contribution in [3.05, 3.63) is 59.0 Å². The highest BCUT2D eigenvalue weighted by Gasteiger charge is 2.37. The van der Waals surface area contributed by atoms with Gasteiger partial charge in [0.05, 0.1) is 12.5 Å². The van der Waals surface area contributed by atoms with Gasteiger partial charge in [0.2, 0.25) is 0 Å². The average Bonchev–Trinajstić information content (AvgIpc) is 2.97. The summed E-state index contributed by atoms with van der Waals surface area (Å²) in [5.74, 6) is 0. The summed E-state index contributed by atoms with van der Waals surface area (Å²) in [4.78, 5) is 0. The van der Waals surface area contributed by atoms with E-state index < -0.39 is 6.10 Å². The van der Waals surface area contributed by atoms with Crippen molar-refractivity contribution in [1.29, 1.82) is 0 Å². The van der Waals surface area contributed by atoms with Crippen LogP contribution >= 0.6 is 0 Å². The van der Waals surface area contributed by atoms with E-state index in [2.05, 4.69) is 45.9 Å². The summed E-state index contributed by atoms with van der Waals surface area (Å²) in [6.45, 7) is 9.23. The molecule has 3 rings (SSSR count). The molecular weight excluding hydrogens is 260 g/mol. The van der Waals surface area contributed by atoms with Gasteiger partial charge in [-0.05, 0) is 46.4 Å². The maximum absolute atomic E-state index is 10.5. The van der Waals surface area contributed by atoms with Crippen LogP contribution in [0.4, 0.5) is 0 Å². The first-order chi connectivity index (χ1) is 9.81. The van der Waals surface area contributed by atoms with E-state index in [-0.39, 0.29) is 10.8 Å². The molecule has 1 aromatic carbocycles. The molecule has 0 amide bonds. The first-order valence-corrected chi connectivity index (χ1v) is 7.66. The smallest absolute Gasteiger partial charge is 0.107 e. The van der Waals surface area contributed by atoms with Crippen molar-refractivity contribution in [3.63, 3.8) is 0 Å². The number of benzene rings is 1. The molecule has 2 aromatic rings. The Hall–Kier alpha value is -1.54. The Morgan fingerprint density at radius 1 is 0.952 bits per heavy atom. The molecule has 0 aliphatic heterocycles. The highest BCUT2D eigenvalue weighted by atomic mass is 16.3. The second-order valence-corrected chi connectivity index (χ2v) is 7.53. The molecule has 1 aliphatic rings. The zero-order valence-electron chi connectivity index (χ0n) is 13.3. The van der Waals surface area contributed by atoms with Crippen molar-refractivity contribution >= 4 is 0 Å². The predicted molar refractivity (Wildman–Crippen MR) is 84.5 cm³/mol. The van der Waals surface area contributed by atoms with E-state index in [4.69, 9.17) is 4.42 Å². The molecule has 1 N–H and O–H groups in total. The highest BCUT2D eigenvalue weighted by molar-refractivity contribution is 5.45. The van der Waals surface area contributed by atoms with Crippen LogP contribution in [0.15, 0.2) is 41.2 Å². The van der Waals surface area contributed by atoms with Crippen molar-refractivity contribution < 1.29 is 9.52 Å². The molecule has 0 saturated heterocycles. The zero-order chi connectivity index (χ0) is 15.3. The van der Waals surface area contributed by atoms with E-state index in [0.29, 0.717) is 0 Å². The fourth-order valence-corrected chi connectivity index (χ4v) is 3.40. The normalized spacial score (nSPS) is 20.8. The van der Waals surface area contributed by atoms with Crippen molar-refractivity contribution in [2.75, 3.05) is 0 Å². The Morgan fingerprint density at radius 3 is 2.24 bits per heavy atom. The van der Waals surface area contributed by atoms with Crippen molar-refractivity contribution in [2.24, 2.45) is 0 Å². The minimum Gasteiger partial charge on any atom is -0.472 e. The van der Waals surface area contributed by atoms with Gasteiger partial charge in [-0.1, -0.05) is 45.9 Å². The summed E-state index contributed by atoms with van der Waals surface area (Å²) in [7, 11) is 0. The third-order valence-corrected chi connectivity index (χ3v) is 5.05. The number of hydrogen-bond donors (Lipinski definition) is 1. The molecule has 1 atom stereocenters. The first kappa shape index (κ1) is 14.4. The molecule has 0 unspecified atom stereocenters. The zero-order valence-corrected chi connectivity index (χ0v) is 13.3. The molecule has 0 bridgehead atoms. The summed E-state index contributed by atoms with van der Waals surface area (Å²) in [6, 6.07) is 8.27. The SMILES string of the molecule is CC1(C)CCC(C)(C)c2cc([C@@H](O)c3ccoc3)ccc21. The largest absolute Gasteiger partial charge is 0.472 e. The maximum Gasteiger partial charge on any atom is 0.107 e. The van der Waals surface area contributed by atoms with Crippen LogP contribution < -0.4 is 0 Å². The summed E-state index contributed by atoms with van der Waals surface area (Å²) in [6.07, 6.45) is 4.98. The molecule has 112 valence electrons. The molecule has 1 aliphatic carbocycles. The lowest BCUT2D eigenvalue weighted by atomic mass is 9.63. The number of rotatable bonds is 2. The topological polar surface area (TPSA) is 33.4 Å². The van der Waals surface area contributed by atoms with Gasteiger partial charge < -0.3 is 9.52 Å². The predicted octanol–water partition coefficient (Wildman–Crippen LogP) is 4.71. The maximum atomic E-state index is 10.5. The third-order valence-electron chi connectivity index (χ3n) is 5.05. The van der Waals surface area contributed by atoms with E-state index in [1.165, 1.54) is 24.0 Å². The van der Waals surface area contributed by atoms with Crippen molar-refractivity contribution in [3.8, 4) is 0 Å². The molecule has 21 heavy (non-hydrogen) atoms. The van der Waals surface area contributed by atoms with Gasteiger partial charge in [-0.15, -0.1) is 0 Å². The van der Waals surface area contributed by atoms with Gasteiger partial charge in [0, 0.05) is 5.56 Å². The molecule has 2 heteroatoms. The van der Waals surface area contributed by atoms with E-state index in [1.807, 2.05) is 6.07 Å². The summed E-state index contributed by atoms with van der Waals surface area (Å²) in [5, 5.41) is 10.5. The van der Waals surface area contributed by atoms with Gasteiger partial charge in [0.15, 0.2) is 0 Å². The first-order valence-electron chi connectivity index (χ1n) is 7.66. The fraction of sp³-hybridized carbons (Fsp3) is 0.474. The summed E-state index contributed by atoms with van der Waals surface area (Å²) >= 11 is 0. The minimum absolute atomic E-state index is 0.164. The summed E-state index contributed by atoms with van der Waals surface area (Å²) in [5.41, 5.74) is 4.92. The van der Waals surface area contributed by atoms with Gasteiger partial charge in [-0.2, -0.15) is 0 Å². The lowest BCUT2D eigenvalue weighted by molar-refractivity contribution is 0.218. The Balaban J connectivity index is 2.08.